The number of benzene rings is 2. The Morgan fingerprint density at radius 3 is 2.19 bits per heavy atom. The van der Waals surface area contributed by atoms with Gasteiger partial charge in [-0.05, 0) is 31.2 Å². The minimum Gasteiger partial charge on any atom is -0.744 e. The van der Waals surface area contributed by atoms with Crippen LogP contribution in [0.15, 0.2) is 53.4 Å². The van der Waals surface area contributed by atoms with E-state index >= 15 is 0 Å². The summed E-state index contributed by atoms with van der Waals surface area (Å²) in [7, 11) is -4.25. The van der Waals surface area contributed by atoms with E-state index in [1.165, 1.54) is 41.7 Å². The van der Waals surface area contributed by atoms with Gasteiger partial charge >= 0.3 is 6.18 Å². The summed E-state index contributed by atoms with van der Waals surface area (Å²) in [5, 5.41) is 1.02. The second-order valence-corrected chi connectivity index (χ2v) is 7.93. The Morgan fingerprint density at radius 2 is 1.73 bits per heavy atom. The Balaban J connectivity index is 0.000000209. The van der Waals surface area contributed by atoms with Crippen molar-refractivity contribution in [3.63, 3.8) is 0 Å². The van der Waals surface area contributed by atoms with E-state index in [0.29, 0.717) is 12.1 Å². The fourth-order valence-corrected chi connectivity index (χ4v) is 3.91. The van der Waals surface area contributed by atoms with E-state index in [-0.39, 0.29) is 4.90 Å². The van der Waals surface area contributed by atoms with Gasteiger partial charge in [-0.2, -0.15) is 17.7 Å². The lowest BCUT2D eigenvalue weighted by Crippen LogP contribution is -2.33. The van der Waals surface area contributed by atoms with Crippen LogP contribution in [0.5, 0.6) is 0 Å². The Hall–Kier alpha value is -1.97. The van der Waals surface area contributed by atoms with E-state index in [9.17, 15) is 26.1 Å². The SMILES string of the molecule is CC[n+]1c(C)sc2ccc(C(F)(F)F)cc21.O=S(=O)([O-])c1ccccc1. The number of fused-ring (bicyclic) bond motifs is 1. The normalized spacial score (nSPS) is 11.9. The molecule has 0 aliphatic heterocycles. The molecule has 0 atom stereocenters. The molecule has 9 heteroatoms. The van der Waals surface area contributed by atoms with Gasteiger partial charge in [0.15, 0.2) is 0 Å². The zero-order chi connectivity index (χ0) is 19.5. The van der Waals surface area contributed by atoms with Crippen LogP contribution >= 0.6 is 11.3 Å². The summed E-state index contributed by atoms with van der Waals surface area (Å²) >= 11 is 1.52. The van der Waals surface area contributed by atoms with Gasteiger partial charge in [-0.15, -0.1) is 0 Å². The first-order valence-electron chi connectivity index (χ1n) is 7.55. The van der Waals surface area contributed by atoms with Crippen LogP contribution < -0.4 is 4.57 Å². The number of hydrogen-bond donors (Lipinski definition) is 0. The monoisotopic (exact) mass is 403 g/mol. The highest BCUT2D eigenvalue weighted by Gasteiger charge is 2.32. The lowest BCUT2D eigenvalue weighted by Gasteiger charge is -2.04. The fourth-order valence-electron chi connectivity index (χ4n) is 2.35. The van der Waals surface area contributed by atoms with Crippen LogP contribution in [0.1, 0.15) is 17.5 Å². The van der Waals surface area contributed by atoms with Crippen molar-refractivity contribution in [3.05, 3.63) is 59.1 Å². The molecule has 4 nitrogen and oxygen atoms in total. The number of hydrogen-bond acceptors (Lipinski definition) is 4. The third-order valence-corrected chi connectivity index (χ3v) is 5.49. The number of aryl methyl sites for hydroxylation is 2. The van der Waals surface area contributed by atoms with Crippen LogP contribution in [0.25, 0.3) is 10.2 Å². The van der Waals surface area contributed by atoms with Crippen LogP contribution in [0.3, 0.4) is 0 Å². The molecule has 0 amide bonds. The average Bonchev–Trinajstić information content (AvgIpc) is 2.89. The van der Waals surface area contributed by atoms with Gasteiger partial charge in [0.25, 0.3) is 0 Å². The molecule has 0 aliphatic carbocycles. The van der Waals surface area contributed by atoms with E-state index in [2.05, 4.69) is 0 Å². The van der Waals surface area contributed by atoms with Crippen LogP contribution in [0.4, 0.5) is 13.2 Å². The minimum absolute atomic E-state index is 0.185. The highest BCUT2D eigenvalue weighted by molar-refractivity contribution is 7.85. The van der Waals surface area contributed by atoms with Crippen molar-refractivity contribution in [2.45, 2.75) is 31.5 Å². The molecule has 0 bridgehead atoms. The summed E-state index contributed by atoms with van der Waals surface area (Å²) in [6, 6.07) is 11.1. The Morgan fingerprint density at radius 1 is 1.12 bits per heavy atom. The molecule has 0 saturated heterocycles. The molecule has 140 valence electrons. The van der Waals surface area contributed by atoms with Crippen molar-refractivity contribution in [1.82, 2.24) is 0 Å². The molecule has 1 heterocycles. The molecule has 0 N–H and O–H groups in total. The van der Waals surface area contributed by atoms with E-state index in [0.717, 1.165) is 15.8 Å². The number of thiazole rings is 1. The van der Waals surface area contributed by atoms with Gasteiger partial charge in [-0.25, -0.2) is 8.42 Å². The molecule has 0 fully saturated rings. The summed E-state index contributed by atoms with van der Waals surface area (Å²) in [6.45, 7) is 4.54. The zero-order valence-corrected chi connectivity index (χ0v) is 15.6. The van der Waals surface area contributed by atoms with Crippen molar-refractivity contribution in [2.75, 3.05) is 0 Å². The van der Waals surface area contributed by atoms with E-state index in [1.54, 1.807) is 12.1 Å². The molecule has 0 saturated carbocycles. The van der Waals surface area contributed by atoms with Crippen molar-refractivity contribution < 1.29 is 30.7 Å². The number of aromatic nitrogens is 1. The first kappa shape index (κ1) is 20.3. The predicted molar refractivity (Wildman–Crippen MR) is 91.8 cm³/mol. The van der Waals surface area contributed by atoms with Gasteiger partial charge < -0.3 is 4.55 Å². The van der Waals surface area contributed by atoms with E-state index < -0.39 is 21.9 Å². The molecule has 0 aliphatic rings. The molecule has 1 aromatic heterocycles. The Labute approximate surface area is 153 Å². The maximum Gasteiger partial charge on any atom is 0.416 e. The average molecular weight is 403 g/mol. The zero-order valence-electron chi connectivity index (χ0n) is 13.9. The van der Waals surface area contributed by atoms with Crippen LogP contribution in [-0.2, 0) is 22.8 Å². The van der Waals surface area contributed by atoms with Gasteiger partial charge in [0.1, 0.15) is 21.4 Å². The van der Waals surface area contributed by atoms with Crippen molar-refractivity contribution in [3.8, 4) is 0 Å². The quantitative estimate of drug-likeness (QED) is 0.478. The van der Waals surface area contributed by atoms with Crippen molar-refractivity contribution >= 4 is 31.7 Å². The molecule has 0 unspecified atom stereocenters. The van der Waals surface area contributed by atoms with Gasteiger partial charge in [0, 0.05) is 13.0 Å². The lowest BCUT2D eigenvalue weighted by molar-refractivity contribution is -0.669. The summed E-state index contributed by atoms with van der Waals surface area (Å²) in [6.07, 6.45) is -4.27. The second kappa shape index (κ2) is 7.73. The van der Waals surface area contributed by atoms with Gasteiger partial charge in [-0.1, -0.05) is 29.5 Å². The lowest BCUT2D eigenvalue weighted by atomic mass is 10.2. The Bertz CT molecular complexity index is 997. The summed E-state index contributed by atoms with van der Waals surface area (Å²) in [5.74, 6) is 0. The van der Waals surface area contributed by atoms with E-state index in [4.69, 9.17) is 0 Å². The molecule has 0 spiro atoms. The van der Waals surface area contributed by atoms with Gasteiger partial charge in [0.2, 0.25) is 10.5 Å². The Kier molecular flexibility index (Phi) is 6.05. The molecule has 3 aromatic rings. The topological polar surface area (TPSA) is 61.1 Å². The highest BCUT2D eigenvalue weighted by Crippen LogP contribution is 2.32. The molecular formula is C17H16F3NO3S2. The second-order valence-electron chi connectivity index (χ2n) is 5.31. The van der Waals surface area contributed by atoms with E-state index in [1.807, 2.05) is 18.4 Å². The maximum absolute atomic E-state index is 12.6. The van der Waals surface area contributed by atoms with Crippen molar-refractivity contribution in [1.29, 1.82) is 0 Å². The molecular weight excluding hydrogens is 387 g/mol. The highest BCUT2D eigenvalue weighted by atomic mass is 32.2. The molecule has 2 aromatic carbocycles. The van der Waals surface area contributed by atoms with Gasteiger partial charge in [0.05, 0.1) is 10.5 Å². The van der Waals surface area contributed by atoms with Crippen LogP contribution in [-0.4, -0.2) is 13.0 Å². The third kappa shape index (κ3) is 4.80. The van der Waals surface area contributed by atoms with Crippen LogP contribution in [0, 0.1) is 6.92 Å². The van der Waals surface area contributed by atoms with Gasteiger partial charge in [-0.3, -0.25) is 0 Å². The molecule has 0 radical (unpaired) electrons. The summed E-state index contributed by atoms with van der Waals surface area (Å²) < 4.78 is 71.3. The first-order valence-corrected chi connectivity index (χ1v) is 9.77. The standard InChI is InChI=1S/C11H11F3NS.C6H6O3S/c1-3-15-7(2)16-10-5-4-8(6-9(10)15)11(12,13)14;7-10(8,9)6-4-2-1-3-5-6/h4-6H,3H2,1-2H3;1-5H,(H,7,8,9)/q+1;/p-1. The molecule has 26 heavy (non-hydrogen) atoms. The maximum atomic E-state index is 12.6. The fraction of sp³-hybridized carbons (Fsp3) is 0.235. The number of halogens is 3. The number of nitrogens with zero attached hydrogens (tertiary/aromatic N) is 1. The molecule has 3 rings (SSSR count). The van der Waals surface area contributed by atoms with Crippen LogP contribution in [0.2, 0.25) is 0 Å². The summed E-state index contributed by atoms with van der Waals surface area (Å²) in [5.41, 5.74) is 0.0832. The smallest absolute Gasteiger partial charge is 0.416 e. The third-order valence-electron chi connectivity index (χ3n) is 3.56. The largest absolute Gasteiger partial charge is 0.744 e. The number of alkyl halides is 3. The minimum atomic E-state index is -4.27. The predicted octanol–water partition coefficient (Wildman–Crippen LogP) is 4.13. The summed E-state index contributed by atoms with van der Waals surface area (Å²) in [4.78, 5) is -0.185. The number of rotatable bonds is 2. The van der Waals surface area contributed by atoms with Crippen molar-refractivity contribution in [2.24, 2.45) is 0 Å². The first-order chi connectivity index (χ1) is 12.0.